The van der Waals surface area contributed by atoms with Crippen molar-refractivity contribution < 1.29 is 24.2 Å². The van der Waals surface area contributed by atoms with Gasteiger partial charge in [-0.05, 0) is 80.1 Å². The molecule has 0 aromatic carbocycles. The molecule has 5 unspecified atom stereocenters. The summed E-state index contributed by atoms with van der Waals surface area (Å²) in [5, 5.41) is 9.66. The van der Waals surface area contributed by atoms with Gasteiger partial charge in [-0.2, -0.15) is 0 Å². The molecule has 4 aliphatic carbocycles. The second-order valence-corrected chi connectivity index (χ2v) is 10.9. The lowest BCUT2D eigenvalue weighted by Gasteiger charge is -2.61. The maximum atomic E-state index is 12.1. The van der Waals surface area contributed by atoms with Gasteiger partial charge in [-0.1, -0.05) is 19.4 Å². The highest BCUT2D eigenvalue weighted by molar-refractivity contribution is 5.91. The fourth-order valence-corrected chi connectivity index (χ4v) is 8.43. The quantitative estimate of drug-likeness (QED) is 0.699. The van der Waals surface area contributed by atoms with Crippen LogP contribution in [0, 0.1) is 34.5 Å². The number of carboxylic acid groups (broad SMARTS) is 1. The molecule has 1 heterocycles. The molecule has 158 valence electrons. The largest absolute Gasteiger partial charge is 0.481 e. The van der Waals surface area contributed by atoms with E-state index in [2.05, 4.69) is 13.8 Å². The molecule has 5 nitrogen and oxygen atoms in total. The van der Waals surface area contributed by atoms with Gasteiger partial charge in [0.15, 0.2) is 5.78 Å². The molecule has 5 rings (SSSR count). The van der Waals surface area contributed by atoms with Gasteiger partial charge in [-0.15, -0.1) is 0 Å². The summed E-state index contributed by atoms with van der Waals surface area (Å²) in [6, 6.07) is 0. The zero-order valence-corrected chi connectivity index (χ0v) is 17.5. The molecule has 1 saturated heterocycles. The van der Waals surface area contributed by atoms with E-state index >= 15 is 0 Å². The molecule has 0 radical (unpaired) electrons. The van der Waals surface area contributed by atoms with Crippen LogP contribution < -0.4 is 0 Å². The molecule has 4 fully saturated rings. The normalized spacial score (nSPS) is 48.6. The van der Waals surface area contributed by atoms with Crippen LogP contribution in [0.4, 0.5) is 0 Å². The molecule has 1 aliphatic heterocycles. The van der Waals surface area contributed by atoms with E-state index in [0.29, 0.717) is 30.6 Å². The predicted molar refractivity (Wildman–Crippen MR) is 106 cm³/mol. The molecule has 3 saturated carbocycles. The summed E-state index contributed by atoms with van der Waals surface area (Å²) < 4.78 is 6.01. The maximum Gasteiger partial charge on any atom is 0.306 e. The number of ether oxygens (including phenoxy) is 1. The Labute approximate surface area is 172 Å². The van der Waals surface area contributed by atoms with Crippen molar-refractivity contribution in [3.05, 3.63) is 11.6 Å². The van der Waals surface area contributed by atoms with Crippen molar-refractivity contribution in [1.29, 1.82) is 0 Å². The van der Waals surface area contributed by atoms with Gasteiger partial charge >= 0.3 is 11.9 Å². The molecular weight excluding hydrogens is 368 g/mol. The Morgan fingerprint density at radius 1 is 1.10 bits per heavy atom. The molecule has 0 aromatic heterocycles. The van der Waals surface area contributed by atoms with Crippen LogP contribution in [0.2, 0.25) is 0 Å². The monoisotopic (exact) mass is 400 g/mol. The Hall–Kier alpha value is -1.65. The average Bonchev–Trinajstić information content (AvgIpc) is 3.17. The summed E-state index contributed by atoms with van der Waals surface area (Å²) in [6.07, 6.45) is 9.58. The minimum atomic E-state index is -0.743. The van der Waals surface area contributed by atoms with Crippen LogP contribution in [0.15, 0.2) is 11.6 Å². The number of hydrogen-bond donors (Lipinski definition) is 1. The predicted octanol–water partition coefficient (Wildman–Crippen LogP) is 4.29. The zero-order chi connectivity index (χ0) is 20.6. The second kappa shape index (κ2) is 6.18. The van der Waals surface area contributed by atoms with Gasteiger partial charge in [0, 0.05) is 24.7 Å². The Morgan fingerprint density at radius 2 is 1.86 bits per heavy atom. The molecule has 1 N–H and O–H groups in total. The van der Waals surface area contributed by atoms with Gasteiger partial charge in [0.25, 0.3) is 0 Å². The Morgan fingerprint density at radius 3 is 2.55 bits per heavy atom. The first kappa shape index (κ1) is 19.3. The molecule has 0 amide bonds. The molecule has 0 aromatic rings. The second-order valence-electron chi connectivity index (χ2n) is 10.9. The lowest BCUT2D eigenvalue weighted by molar-refractivity contribution is -0.171. The van der Waals surface area contributed by atoms with E-state index in [1.54, 1.807) is 0 Å². The van der Waals surface area contributed by atoms with Gasteiger partial charge in [-0.3, -0.25) is 14.4 Å². The van der Waals surface area contributed by atoms with Crippen molar-refractivity contribution >= 4 is 17.7 Å². The minimum absolute atomic E-state index is 0.0109. The molecule has 0 bridgehead atoms. The van der Waals surface area contributed by atoms with Crippen LogP contribution in [0.25, 0.3) is 0 Å². The third kappa shape index (κ3) is 2.55. The number of carbonyl (C=O) groups is 3. The number of rotatable bonds is 2. The summed E-state index contributed by atoms with van der Waals surface area (Å²) in [7, 11) is 0. The van der Waals surface area contributed by atoms with Crippen LogP contribution in [0.3, 0.4) is 0 Å². The number of carboxylic acids is 1. The first-order chi connectivity index (χ1) is 13.7. The molecule has 5 aliphatic rings. The summed E-state index contributed by atoms with van der Waals surface area (Å²) in [6.45, 7) is 4.64. The maximum absolute atomic E-state index is 12.1. The van der Waals surface area contributed by atoms with Crippen molar-refractivity contribution in [3.8, 4) is 0 Å². The topological polar surface area (TPSA) is 80.7 Å². The van der Waals surface area contributed by atoms with E-state index in [-0.39, 0.29) is 40.5 Å². The highest BCUT2D eigenvalue weighted by Gasteiger charge is 2.68. The molecule has 29 heavy (non-hydrogen) atoms. The minimum Gasteiger partial charge on any atom is -0.481 e. The SMILES string of the molecule is CC12CCC(=O)C=C1C[C@@H](CC(=O)O)C1C2CCC2(C)C1CC[C@@]21CCC(=O)O1. The number of fused-ring (bicyclic) bond motifs is 6. The van der Waals surface area contributed by atoms with Crippen LogP contribution in [-0.4, -0.2) is 28.4 Å². The fourth-order valence-electron chi connectivity index (χ4n) is 8.43. The van der Waals surface area contributed by atoms with E-state index in [1.165, 1.54) is 5.57 Å². The molecule has 7 atom stereocenters. The van der Waals surface area contributed by atoms with Crippen LogP contribution in [0.5, 0.6) is 0 Å². The summed E-state index contributed by atoms with van der Waals surface area (Å²) in [5.41, 5.74) is 0.813. The van der Waals surface area contributed by atoms with Gasteiger partial charge in [-0.25, -0.2) is 0 Å². The number of aliphatic carboxylic acids is 1. The van der Waals surface area contributed by atoms with E-state index in [9.17, 15) is 19.5 Å². The zero-order valence-electron chi connectivity index (χ0n) is 17.5. The number of carbonyl (C=O) groups excluding carboxylic acids is 2. The van der Waals surface area contributed by atoms with Crippen molar-refractivity contribution in [2.24, 2.45) is 34.5 Å². The van der Waals surface area contributed by atoms with Crippen molar-refractivity contribution in [2.45, 2.75) is 83.7 Å². The van der Waals surface area contributed by atoms with Crippen LogP contribution in [-0.2, 0) is 19.1 Å². The first-order valence-corrected chi connectivity index (χ1v) is 11.4. The Balaban J connectivity index is 1.56. The van der Waals surface area contributed by atoms with Crippen molar-refractivity contribution in [1.82, 2.24) is 0 Å². The van der Waals surface area contributed by atoms with E-state index in [1.807, 2.05) is 6.08 Å². The first-order valence-electron chi connectivity index (χ1n) is 11.4. The van der Waals surface area contributed by atoms with Crippen molar-refractivity contribution in [2.75, 3.05) is 0 Å². The number of allylic oxidation sites excluding steroid dienone is 1. The number of ketones is 1. The Bertz CT molecular complexity index is 814. The van der Waals surface area contributed by atoms with Gasteiger partial charge in [0.1, 0.15) is 5.60 Å². The van der Waals surface area contributed by atoms with E-state index in [0.717, 1.165) is 44.9 Å². The summed E-state index contributed by atoms with van der Waals surface area (Å²) >= 11 is 0. The third-order valence-corrected chi connectivity index (χ3v) is 9.91. The van der Waals surface area contributed by atoms with Gasteiger partial charge in [0.05, 0.1) is 0 Å². The highest BCUT2D eigenvalue weighted by atomic mass is 16.6. The lowest BCUT2D eigenvalue weighted by Crippen LogP contribution is -2.57. The van der Waals surface area contributed by atoms with Crippen LogP contribution in [0.1, 0.15) is 78.1 Å². The third-order valence-electron chi connectivity index (χ3n) is 9.91. The Kier molecular flexibility index (Phi) is 4.12. The standard InChI is InChI=1S/C24H32O5/c1-22-7-3-16(25)13-15(22)11-14(12-19(26)27)21-17(22)4-8-23(2)18(21)5-9-24(23)10-6-20(28)29-24/h13-14,17-18,21H,3-12H2,1-2H3,(H,26,27)/t14-,17?,18?,21?,22?,23?,24+/m0/s1. The van der Waals surface area contributed by atoms with Crippen LogP contribution >= 0.6 is 0 Å². The average molecular weight is 401 g/mol. The fraction of sp³-hybridized carbons (Fsp3) is 0.792. The van der Waals surface area contributed by atoms with E-state index < -0.39 is 5.97 Å². The number of hydrogen-bond acceptors (Lipinski definition) is 4. The van der Waals surface area contributed by atoms with E-state index in [4.69, 9.17) is 4.74 Å². The van der Waals surface area contributed by atoms with Crippen molar-refractivity contribution in [3.63, 3.8) is 0 Å². The summed E-state index contributed by atoms with van der Waals surface area (Å²) in [5.74, 6) is 0.606. The molecular formula is C24H32O5. The summed E-state index contributed by atoms with van der Waals surface area (Å²) in [4.78, 5) is 35.9. The molecule has 5 heteroatoms. The highest BCUT2D eigenvalue weighted by Crippen LogP contribution is 2.70. The van der Waals surface area contributed by atoms with Gasteiger partial charge in [0.2, 0.25) is 0 Å². The number of esters is 1. The smallest absolute Gasteiger partial charge is 0.306 e. The van der Waals surface area contributed by atoms with Gasteiger partial charge < -0.3 is 9.84 Å². The lowest BCUT2D eigenvalue weighted by atomic mass is 9.44. The molecule has 1 spiro atoms.